The molecule has 0 saturated carbocycles. The Morgan fingerprint density at radius 1 is 1.18 bits per heavy atom. The highest BCUT2D eigenvalue weighted by Crippen LogP contribution is 2.19. The van der Waals surface area contributed by atoms with Crippen molar-refractivity contribution >= 4 is 11.8 Å². The van der Waals surface area contributed by atoms with Gasteiger partial charge in [-0.15, -0.1) is 0 Å². The fourth-order valence-electron chi connectivity index (χ4n) is 1.85. The van der Waals surface area contributed by atoms with Gasteiger partial charge in [0.25, 0.3) is 0 Å². The van der Waals surface area contributed by atoms with Gasteiger partial charge in [0.1, 0.15) is 0 Å². The van der Waals surface area contributed by atoms with Crippen molar-refractivity contribution in [1.82, 2.24) is 0 Å². The third-order valence-electron chi connectivity index (χ3n) is 3.15. The summed E-state index contributed by atoms with van der Waals surface area (Å²) in [4.78, 5) is 0. The van der Waals surface area contributed by atoms with Gasteiger partial charge >= 0.3 is 0 Å². The van der Waals surface area contributed by atoms with Crippen LogP contribution in [0.2, 0.25) is 0 Å². The van der Waals surface area contributed by atoms with Gasteiger partial charge in [0.15, 0.2) is 0 Å². The average molecular weight is 252 g/mol. The first-order valence-electron chi connectivity index (χ1n) is 6.46. The molecule has 0 aliphatic rings. The molecule has 0 aromatic heterocycles. The maximum Gasteiger partial charge on any atom is 0.0461 e. The van der Waals surface area contributed by atoms with Crippen LogP contribution >= 0.6 is 11.8 Å². The topological polar surface area (TPSA) is 20.2 Å². The summed E-state index contributed by atoms with van der Waals surface area (Å²) < 4.78 is 0. The number of benzene rings is 1. The highest BCUT2D eigenvalue weighted by atomic mass is 32.2. The molecule has 1 nitrogen and oxygen atoms in total. The van der Waals surface area contributed by atoms with Crippen LogP contribution < -0.4 is 0 Å². The number of hydrogen-bond acceptors (Lipinski definition) is 2. The summed E-state index contributed by atoms with van der Waals surface area (Å²) in [5, 5.41) is 9.22. The summed E-state index contributed by atoms with van der Waals surface area (Å²) >= 11 is 1.99. The third kappa shape index (κ3) is 6.13. The molecular formula is C15H24OS. The maximum atomic E-state index is 9.22. The summed E-state index contributed by atoms with van der Waals surface area (Å²) in [5.41, 5.74) is 1.40. The molecule has 1 rings (SSSR count). The molecule has 1 aromatic carbocycles. The Hall–Kier alpha value is -0.470. The quantitative estimate of drug-likeness (QED) is 0.707. The van der Waals surface area contributed by atoms with Crippen molar-refractivity contribution in [1.29, 1.82) is 0 Å². The van der Waals surface area contributed by atoms with Crippen LogP contribution in [-0.2, 0) is 5.75 Å². The lowest BCUT2D eigenvalue weighted by molar-refractivity contribution is 0.181. The van der Waals surface area contributed by atoms with Gasteiger partial charge in [0, 0.05) is 12.4 Å². The Bertz CT molecular complexity index is 284. The molecule has 17 heavy (non-hydrogen) atoms. The molecule has 1 aromatic rings. The van der Waals surface area contributed by atoms with Gasteiger partial charge in [-0.25, -0.2) is 0 Å². The maximum absolute atomic E-state index is 9.22. The molecule has 0 bridgehead atoms. The van der Waals surface area contributed by atoms with E-state index in [2.05, 4.69) is 44.2 Å². The lowest BCUT2D eigenvalue weighted by atomic mass is 9.92. The minimum Gasteiger partial charge on any atom is -0.396 e. The molecule has 2 heteroatoms. The van der Waals surface area contributed by atoms with E-state index < -0.39 is 0 Å². The van der Waals surface area contributed by atoms with E-state index in [4.69, 9.17) is 0 Å². The molecule has 0 spiro atoms. The molecule has 0 aliphatic heterocycles. The first-order valence-corrected chi connectivity index (χ1v) is 7.62. The normalized spacial score (nSPS) is 12.9. The van der Waals surface area contributed by atoms with Crippen molar-refractivity contribution < 1.29 is 5.11 Å². The number of aliphatic hydroxyl groups excluding tert-OH is 1. The van der Waals surface area contributed by atoms with Crippen LogP contribution in [0, 0.1) is 11.8 Å². The van der Waals surface area contributed by atoms with E-state index in [1.165, 1.54) is 17.7 Å². The fourth-order valence-corrected chi connectivity index (χ4v) is 2.79. The highest BCUT2D eigenvalue weighted by molar-refractivity contribution is 7.98. The van der Waals surface area contributed by atoms with Crippen LogP contribution in [0.5, 0.6) is 0 Å². The van der Waals surface area contributed by atoms with Crippen molar-refractivity contribution in [3.05, 3.63) is 35.9 Å². The zero-order valence-electron chi connectivity index (χ0n) is 10.9. The second-order valence-corrected chi connectivity index (χ2v) is 5.97. The Labute approximate surface area is 110 Å². The smallest absolute Gasteiger partial charge is 0.0461 e. The summed E-state index contributed by atoms with van der Waals surface area (Å²) in [6.45, 7) is 4.72. The summed E-state index contributed by atoms with van der Waals surface area (Å²) in [7, 11) is 0. The van der Waals surface area contributed by atoms with Gasteiger partial charge in [0.05, 0.1) is 0 Å². The molecule has 0 unspecified atom stereocenters. The first kappa shape index (κ1) is 14.6. The van der Waals surface area contributed by atoms with Gasteiger partial charge in [-0.1, -0.05) is 44.2 Å². The number of hydrogen-bond donors (Lipinski definition) is 1. The van der Waals surface area contributed by atoms with E-state index in [1.54, 1.807) is 0 Å². The molecule has 0 amide bonds. The zero-order valence-corrected chi connectivity index (χ0v) is 11.7. The monoisotopic (exact) mass is 252 g/mol. The number of aliphatic hydroxyl groups is 1. The van der Waals surface area contributed by atoms with Crippen molar-refractivity contribution in [2.75, 3.05) is 12.4 Å². The molecule has 1 N–H and O–H groups in total. The van der Waals surface area contributed by atoms with Gasteiger partial charge in [-0.05, 0) is 36.0 Å². The van der Waals surface area contributed by atoms with E-state index in [-0.39, 0.29) is 0 Å². The fraction of sp³-hybridized carbons (Fsp3) is 0.600. The molecule has 0 saturated heterocycles. The minimum absolute atomic E-state index is 0.334. The zero-order chi connectivity index (χ0) is 12.5. The van der Waals surface area contributed by atoms with E-state index in [0.717, 1.165) is 12.2 Å². The molecule has 96 valence electrons. The summed E-state index contributed by atoms with van der Waals surface area (Å²) in [6.07, 6.45) is 2.36. The van der Waals surface area contributed by atoms with Crippen molar-refractivity contribution in [2.24, 2.45) is 11.8 Å². The third-order valence-corrected chi connectivity index (χ3v) is 4.27. The Morgan fingerprint density at radius 3 is 2.47 bits per heavy atom. The highest BCUT2D eigenvalue weighted by Gasteiger charge is 2.11. The SMILES string of the molecule is CC(C)[C@@H](CO)CCCSCc1ccccc1. The van der Waals surface area contributed by atoms with Crippen LogP contribution in [0.25, 0.3) is 0 Å². The minimum atomic E-state index is 0.334. The number of thioether (sulfide) groups is 1. The van der Waals surface area contributed by atoms with Gasteiger partial charge in [0.2, 0.25) is 0 Å². The van der Waals surface area contributed by atoms with Crippen molar-refractivity contribution in [2.45, 2.75) is 32.4 Å². The second kappa shape index (κ2) is 8.60. The standard InChI is InChI=1S/C15H24OS/c1-13(2)15(11-16)9-6-10-17-12-14-7-4-3-5-8-14/h3-5,7-8,13,15-16H,6,9-12H2,1-2H3/t15-/m1/s1. The van der Waals surface area contributed by atoms with Crippen LogP contribution in [0.3, 0.4) is 0 Å². The summed E-state index contributed by atoms with van der Waals surface area (Å²) in [5.74, 6) is 3.37. The lowest BCUT2D eigenvalue weighted by Gasteiger charge is -2.17. The Kier molecular flexibility index (Phi) is 7.38. The average Bonchev–Trinajstić information content (AvgIpc) is 2.34. The van der Waals surface area contributed by atoms with E-state index in [1.807, 2.05) is 11.8 Å². The lowest BCUT2D eigenvalue weighted by Crippen LogP contribution is -2.13. The van der Waals surface area contributed by atoms with E-state index >= 15 is 0 Å². The van der Waals surface area contributed by atoms with Crippen molar-refractivity contribution in [3.8, 4) is 0 Å². The first-order chi connectivity index (χ1) is 8.24. The summed E-state index contributed by atoms with van der Waals surface area (Å²) in [6, 6.07) is 10.6. The van der Waals surface area contributed by atoms with E-state index in [9.17, 15) is 5.11 Å². The van der Waals surface area contributed by atoms with Crippen LogP contribution in [0.15, 0.2) is 30.3 Å². The van der Waals surface area contributed by atoms with Gasteiger partial charge < -0.3 is 5.11 Å². The molecule has 1 atom stereocenters. The van der Waals surface area contributed by atoms with Crippen LogP contribution in [0.1, 0.15) is 32.3 Å². The molecule has 0 aliphatic carbocycles. The van der Waals surface area contributed by atoms with Gasteiger partial charge in [-0.3, -0.25) is 0 Å². The molecule has 0 radical (unpaired) electrons. The molecule has 0 heterocycles. The van der Waals surface area contributed by atoms with Crippen LogP contribution in [0.4, 0.5) is 0 Å². The van der Waals surface area contributed by atoms with Crippen LogP contribution in [-0.4, -0.2) is 17.5 Å². The molecular weight excluding hydrogens is 228 g/mol. The predicted octanol–water partition coefficient (Wildman–Crippen LogP) is 3.96. The van der Waals surface area contributed by atoms with Crippen molar-refractivity contribution in [3.63, 3.8) is 0 Å². The predicted molar refractivity (Wildman–Crippen MR) is 77.3 cm³/mol. The largest absolute Gasteiger partial charge is 0.396 e. The van der Waals surface area contributed by atoms with Gasteiger partial charge in [-0.2, -0.15) is 11.8 Å². The van der Waals surface area contributed by atoms with E-state index in [0.29, 0.717) is 18.4 Å². The molecule has 0 fully saturated rings. The second-order valence-electron chi connectivity index (χ2n) is 4.87. The number of rotatable bonds is 8. The Balaban J connectivity index is 2.08. The Morgan fingerprint density at radius 2 is 1.88 bits per heavy atom.